The fourth-order valence-corrected chi connectivity index (χ4v) is 8.78. The zero-order valence-electron chi connectivity index (χ0n) is 36.9. The number of aromatic nitrogens is 3. The van der Waals surface area contributed by atoms with E-state index in [2.05, 4.69) is 49.2 Å². The highest BCUT2D eigenvalue weighted by molar-refractivity contribution is 6.25. The highest BCUT2D eigenvalue weighted by atomic mass is 16.5. The van der Waals surface area contributed by atoms with Gasteiger partial charge in [-0.05, 0) is 93.5 Å². The van der Waals surface area contributed by atoms with Gasteiger partial charge in [-0.15, -0.1) is 0 Å². The minimum absolute atomic E-state index is 0.0572. The number of anilines is 3. The summed E-state index contributed by atoms with van der Waals surface area (Å²) < 4.78 is 24.4. The minimum atomic E-state index is -1.02. The van der Waals surface area contributed by atoms with E-state index in [1.807, 2.05) is 38.1 Å². The third kappa shape index (κ3) is 10.8. The van der Waals surface area contributed by atoms with Crippen molar-refractivity contribution in [2.45, 2.75) is 90.1 Å². The predicted molar refractivity (Wildman–Crippen MR) is 242 cm³/mol. The second-order valence-electron chi connectivity index (χ2n) is 16.7. The predicted octanol–water partition coefficient (Wildman–Crippen LogP) is 6.03. The first-order valence-corrected chi connectivity index (χ1v) is 22.6. The molecular weight excluding hydrogens is 833 g/mol. The quantitative estimate of drug-likeness (QED) is 0.0491. The van der Waals surface area contributed by atoms with Crippen LogP contribution in [0.5, 0.6) is 0 Å². The molecule has 5 heterocycles. The van der Waals surface area contributed by atoms with Crippen LogP contribution >= 0.6 is 0 Å². The van der Waals surface area contributed by atoms with Gasteiger partial charge in [0.2, 0.25) is 17.7 Å². The molecule has 0 radical (unpaired) electrons. The lowest BCUT2D eigenvalue weighted by atomic mass is 9.95. The molecule has 17 heteroatoms. The Morgan fingerprint density at radius 1 is 0.846 bits per heavy atom. The molecule has 65 heavy (non-hydrogen) atoms. The van der Waals surface area contributed by atoms with E-state index in [-0.39, 0.29) is 42.9 Å². The number of carbonyl (C=O) groups is 5. The largest absolute Gasteiger partial charge is 0.382 e. The van der Waals surface area contributed by atoms with Crippen LogP contribution in [0, 0.1) is 13.8 Å². The first-order chi connectivity index (χ1) is 31.6. The summed E-state index contributed by atoms with van der Waals surface area (Å²) in [7, 11) is 0. The van der Waals surface area contributed by atoms with E-state index >= 15 is 0 Å². The summed E-state index contributed by atoms with van der Waals surface area (Å²) in [4.78, 5) is 68.9. The highest BCUT2D eigenvalue weighted by Crippen LogP contribution is 2.33. The summed E-state index contributed by atoms with van der Waals surface area (Å²) in [6.45, 7) is 6.18. The number of hydrogen-bond donors (Lipinski definition) is 4. The van der Waals surface area contributed by atoms with E-state index in [0.29, 0.717) is 51.3 Å². The number of pyridine rings is 1. The number of hydrogen-bond acceptors (Lipinski definition) is 13. The lowest BCUT2D eigenvalue weighted by Gasteiger charge is -2.27. The molecule has 0 bridgehead atoms. The van der Waals surface area contributed by atoms with E-state index in [1.54, 1.807) is 18.2 Å². The van der Waals surface area contributed by atoms with Gasteiger partial charge in [-0.1, -0.05) is 42.6 Å². The van der Waals surface area contributed by atoms with Gasteiger partial charge in [-0.2, -0.15) is 0 Å². The number of amides is 5. The van der Waals surface area contributed by atoms with Gasteiger partial charge in [0.05, 0.1) is 68.6 Å². The monoisotopic (exact) mass is 888 g/mol. The van der Waals surface area contributed by atoms with Gasteiger partial charge in [0, 0.05) is 42.1 Å². The average molecular weight is 889 g/mol. The molecule has 3 aromatic heterocycles. The number of imidazole rings is 1. The van der Waals surface area contributed by atoms with Crippen molar-refractivity contribution >= 4 is 52.4 Å². The van der Waals surface area contributed by atoms with Gasteiger partial charge in [0.1, 0.15) is 23.3 Å². The lowest BCUT2D eigenvalue weighted by Crippen LogP contribution is -2.54. The standard InChI is InChI=1S/C48H56N8O9/c1-30-43(31(2)65-54-30)33-19-22-55-40(29-33)52-38(45(55)51-34-7-4-3-5-8-34)16-13-32-11-14-35(15-12-32)50-42(58)20-23-62-25-27-64-28-26-63-24-21-49-37-10-6-9-36-44(37)48(61)56(47(36)60)39-17-18-41(57)53-46(39)59/h6,9-12,14-15,19,22,29,34,39,49,51H,3-5,7-8,13,16-18,20-21,23-28H2,1-2H3,(H,50,58)(H,53,57,59). The Morgan fingerprint density at radius 2 is 1.60 bits per heavy atom. The van der Waals surface area contributed by atoms with Crippen LogP contribution in [0.1, 0.15) is 94.8 Å². The summed E-state index contributed by atoms with van der Waals surface area (Å²) in [5.41, 5.74) is 7.57. The topological polar surface area (TPSA) is 208 Å². The van der Waals surface area contributed by atoms with Crippen molar-refractivity contribution in [3.8, 4) is 11.1 Å². The van der Waals surface area contributed by atoms with Crippen molar-refractivity contribution in [3.05, 3.63) is 94.6 Å². The van der Waals surface area contributed by atoms with Gasteiger partial charge in [0.25, 0.3) is 11.8 Å². The molecule has 1 saturated heterocycles. The van der Waals surface area contributed by atoms with Crippen molar-refractivity contribution < 1.29 is 42.7 Å². The van der Waals surface area contributed by atoms with Crippen LogP contribution in [0.4, 0.5) is 17.2 Å². The van der Waals surface area contributed by atoms with Crippen LogP contribution in [0.2, 0.25) is 0 Å². The Hall–Kier alpha value is -6.43. The van der Waals surface area contributed by atoms with E-state index in [0.717, 1.165) is 81.6 Å². The fraction of sp³-hybridized carbons (Fsp3) is 0.438. The van der Waals surface area contributed by atoms with Crippen molar-refractivity contribution in [3.63, 3.8) is 0 Å². The van der Waals surface area contributed by atoms with E-state index in [9.17, 15) is 24.0 Å². The molecule has 1 aliphatic carbocycles. The Kier molecular flexibility index (Phi) is 14.6. The number of fused-ring (bicyclic) bond motifs is 2. The number of carbonyl (C=O) groups excluding carboxylic acids is 5. The highest BCUT2D eigenvalue weighted by Gasteiger charge is 2.45. The van der Waals surface area contributed by atoms with Crippen LogP contribution in [0.25, 0.3) is 16.8 Å². The molecular formula is C48H56N8O9. The summed E-state index contributed by atoms with van der Waals surface area (Å²) in [5, 5.41) is 16.3. The van der Waals surface area contributed by atoms with Crippen molar-refractivity contribution in [1.82, 2.24) is 24.8 Å². The number of rotatable bonds is 21. The zero-order chi connectivity index (χ0) is 45.3. The molecule has 2 fully saturated rings. The van der Waals surface area contributed by atoms with Gasteiger partial charge in [-0.3, -0.25) is 38.6 Å². The number of nitrogens with zero attached hydrogens (tertiary/aromatic N) is 4. The number of aryl methyl sites for hydroxylation is 4. The van der Waals surface area contributed by atoms with Crippen LogP contribution in [0.15, 0.2) is 65.3 Å². The maximum absolute atomic E-state index is 13.2. The van der Waals surface area contributed by atoms with Gasteiger partial charge < -0.3 is 34.7 Å². The van der Waals surface area contributed by atoms with Gasteiger partial charge >= 0.3 is 0 Å². The maximum Gasteiger partial charge on any atom is 0.264 e. The molecule has 1 saturated carbocycles. The number of imide groups is 2. The summed E-state index contributed by atoms with van der Waals surface area (Å²) >= 11 is 0. The van der Waals surface area contributed by atoms with Crippen LogP contribution in [0.3, 0.4) is 0 Å². The van der Waals surface area contributed by atoms with E-state index in [1.165, 1.54) is 19.3 Å². The number of piperidine rings is 1. The Morgan fingerprint density at radius 3 is 2.34 bits per heavy atom. The zero-order valence-corrected chi connectivity index (χ0v) is 36.9. The minimum Gasteiger partial charge on any atom is -0.382 e. The summed E-state index contributed by atoms with van der Waals surface area (Å²) in [6.07, 6.45) is 10.1. The molecule has 1 unspecified atom stereocenters. The first kappa shape index (κ1) is 45.1. The maximum atomic E-state index is 13.2. The normalized spacial score (nSPS) is 16.6. The first-order valence-electron chi connectivity index (χ1n) is 22.6. The Labute approximate surface area is 376 Å². The average Bonchev–Trinajstić information content (AvgIpc) is 3.92. The fourth-order valence-electron chi connectivity index (χ4n) is 8.78. The van der Waals surface area contributed by atoms with Gasteiger partial charge in [0.15, 0.2) is 0 Å². The van der Waals surface area contributed by atoms with Crippen LogP contribution in [-0.2, 0) is 41.4 Å². The number of ether oxygens (including phenoxy) is 3. The van der Waals surface area contributed by atoms with E-state index in [4.69, 9.17) is 23.7 Å². The summed E-state index contributed by atoms with van der Waals surface area (Å²) in [6, 6.07) is 16.5. The third-order valence-corrected chi connectivity index (χ3v) is 12.1. The molecule has 8 rings (SSSR count). The Balaban J connectivity index is 0.705. The molecule has 3 aliphatic rings. The molecule has 342 valence electrons. The smallest absolute Gasteiger partial charge is 0.264 e. The number of benzene rings is 2. The Bertz CT molecular complexity index is 2510. The molecule has 17 nitrogen and oxygen atoms in total. The van der Waals surface area contributed by atoms with Crippen LogP contribution < -0.4 is 21.3 Å². The third-order valence-electron chi connectivity index (χ3n) is 12.1. The molecule has 2 aliphatic heterocycles. The SMILES string of the molecule is Cc1noc(C)c1-c1ccn2c(NC3CCCCC3)c(CCc3ccc(NC(=O)CCOCCOCCOCCNc4cccc5c4C(=O)N(C4CCC(=O)NC4=O)C5=O)cc3)nc2c1. The lowest BCUT2D eigenvalue weighted by molar-refractivity contribution is -0.136. The second kappa shape index (κ2) is 21.0. The number of nitrogens with one attached hydrogen (secondary N) is 4. The molecule has 5 aromatic rings. The van der Waals surface area contributed by atoms with E-state index < -0.39 is 29.7 Å². The second-order valence-corrected chi connectivity index (χ2v) is 16.7. The molecule has 1 atom stereocenters. The van der Waals surface area contributed by atoms with Crippen molar-refractivity contribution in [2.75, 3.05) is 62.1 Å². The molecule has 4 N–H and O–H groups in total. The molecule has 2 aromatic carbocycles. The molecule has 5 amide bonds. The van der Waals surface area contributed by atoms with Crippen LogP contribution in [-0.4, -0.2) is 107 Å². The molecule has 0 spiro atoms. The summed E-state index contributed by atoms with van der Waals surface area (Å²) in [5.74, 6) is -0.485. The van der Waals surface area contributed by atoms with Gasteiger partial charge in [-0.25, -0.2) is 4.98 Å². The van der Waals surface area contributed by atoms with Crippen molar-refractivity contribution in [1.29, 1.82) is 0 Å². The van der Waals surface area contributed by atoms with Crippen molar-refractivity contribution in [2.24, 2.45) is 0 Å².